The van der Waals surface area contributed by atoms with Gasteiger partial charge in [0.05, 0.1) is 7.11 Å². The van der Waals surface area contributed by atoms with Gasteiger partial charge in [-0.1, -0.05) is 48.0 Å². The first kappa shape index (κ1) is 12.4. The zero-order valence-electron chi connectivity index (χ0n) is 10.5. The van der Waals surface area contributed by atoms with E-state index >= 15 is 0 Å². The van der Waals surface area contributed by atoms with Crippen LogP contribution in [0, 0.1) is 12.7 Å². The molecule has 0 fully saturated rings. The molecule has 2 aromatic carbocycles. The summed E-state index contributed by atoms with van der Waals surface area (Å²) in [6.07, 6.45) is 3.94. The summed E-state index contributed by atoms with van der Waals surface area (Å²) in [5.74, 6) is -0.0772. The predicted octanol–water partition coefficient (Wildman–Crippen LogP) is 4.31. The Morgan fingerprint density at radius 1 is 1.00 bits per heavy atom. The second-order valence-electron chi connectivity index (χ2n) is 4.14. The van der Waals surface area contributed by atoms with Crippen molar-refractivity contribution in [3.63, 3.8) is 0 Å². The maximum atomic E-state index is 13.2. The molecule has 2 heteroatoms. The van der Waals surface area contributed by atoms with E-state index in [4.69, 9.17) is 4.74 Å². The van der Waals surface area contributed by atoms with Gasteiger partial charge in [0, 0.05) is 0 Å². The molecule has 1 nitrogen and oxygen atoms in total. The van der Waals surface area contributed by atoms with Gasteiger partial charge in [-0.05, 0) is 30.2 Å². The van der Waals surface area contributed by atoms with E-state index in [0.717, 1.165) is 11.1 Å². The van der Waals surface area contributed by atoms with Crippen molar-refractivity contribution < 1.29 is 9.13 Å². The molecule has 0 aliphatic heterocycles. The van der Waals surface area contributed by atoms with Gasteiger partial charge in [0.2, 0.25) is 0 Å². The largest absolute Gasteiger partial charge is 0.494 e. The summed E-state index contributed by atoms with van der Waals surface area (Å²) in [6, 6.07) is 13.0. The molecule has 0 heterocycles. The van der Waals surface area contributed by atoms with Gasteiger partial charge in [0.25, 0.3) is 0 Å². The maximum absolute atomic E-state index is 13.2. The molecule has 0 N–H and O–H groups in total. The van der Waals surface area contributed by atoms with E-state index in [1.54, 1.807) is 12.1 Å². The van der Waals surface area contributed by atoms with Crippen LogP contribution in [0.2, 0.25) is 0 Å². The van der Waals surface area contributed by atoms with E-state index in [9.17, 15) is 4.39 Å². The van der Waals surface area contributed by atoms with Crippen molar-refractivity contribution >= 4 is 12.2 Å². The molecule has 2 aromatic rings. The average molecular weight is 242 g/mol. The molecule has 18 heavy (non-hydrogen) atoms. The number of hydrogen-bond acceptors (Lipinski definition) is 1. The lowest BCUT2D eigenvalue weighted by atomic mass is 10.1. The van der Waals surface area contributed by atoms with Crippen LogP contribution in [0.3, 0.4) is 0 Å². The van der Waals surface area contributed by atoms with Crippen LogP contribution in [0.15, 0.2) is 42.5 Å². The number of ether oxygens (including phenoxy) is 1. The number of benzene rings is 2. The van der Waals surface area contributed by atoms with E-state index in [1.165, 1.54) is 18.7 Å². The maximum Gasteiger partial charge on any atom is 0.165 e. The van der Waals surface area contributed by atoms with Gasteiger partial charge in [0.15, 0.2) is 11.6 Å². The van der Waals surface area contributed by atoms with Crippen LogP contribution in [0.4, 0.5) is 4.39 Å². The minimum atomic E-state index is -0.342. The second-order valence-corrected chi connectivity index (χ2v) is 4.14. The Morgan fingerprint density at radius 2 is 1.72 bits per heavy atom. The van der Waals surface area contributed by atoms with Crippen LogP contribution >= 0.6 is 0 Å². The van der Waals surface area contributed by atoms with Gasteiger partial charge < -0.3 is 4.74 Å². The molecule has 92 valence electrons. The molecule has 0 aliphatic rings. The van der Waals surface area contributed by atoms with Crippen molar-refractivity contribution in [3.05, 3.63) is 65.0 Å². The Hall–Kier alpha value is -2.09. The molecule has 0 atom stereocenters. The summed E-state index contributed by atoms with van der Waals surface area (Å²) in [6.45, 7) is 2.05. The van der Waals surface area contributed by atoms with Crippen LogP contribution in [-0.2, 0) is 0 Å². The molecule has 0 bridgehead atoms. The van der Waals surface area contributed by atoms with Crippen molar-refractivity contribution in [2.75, 3.05) is 7.11 Å². The van der Waals surface area contributed by atoms with Crippen molar-refractivity contribution in [2.45, 2.75) is 6.92 Å². The standard InChI is InChI=1S/C16H15FO/c1-12-4-3-5-13(10-12)6-7-14-8-9-15(17)16(11-14)18-2/h3-11H,1-2H3/b7-6-. The number of rotatable bonds is 3. The highest BCUT2D eigenvalue weighted by Gasteiger charge is 2.01. The van der Waals surface area contributed by atoms with Gasteiger partial charge in [0.1, 0.15) is 0 Å². The summed E-state index contributed by atoms with van der Waals surface area (Å²) in [7, 11) is 1.46. The van der Waals surface area contributed by atoms with E-state index in [0.29, 0.717) is 0 Å². The Labute approximate surface area is 107 Å². The number of aryl methyl sites for hydroxylation is 1. The van der Waals surface area contributed by atoms with Crippen LogP contribution in [0.1, 0.15) is 16.7 Å². The van der Waals surface area contributed by atoms with E-state index < -0.39 is 0 Å². The van der Waals surface area contributed by atoms with Crippen molar-refractivity contribution in [2.24, 2.45) is 0 Å². The fourth-order valence-electron chi connectivity index (χ4n) is 1.75. The lowest BCUT2D eigenvalue weighted by Gasteiger charge is -2.02. The lowest BCUT2D eigenvalue weighted by Crippen LogP contribution is -1.88. The van der Waals surface area contributed by atoms with Crippen LogP contribution in [0.5, 0.6) is 5.75 Å². The number of hydrogen-bond donors (Lipinski definition) is 0. The molecule has 0 radical (unpaired) electrons. The summed E-state index contributed by atoms with van der Waals surface area (Å²) < 4.78 is 18.2. The predicted molar refractivity (Wildman–Crippen MR) is 73.1 cm³/mol. The van der Waals surface area contributed by atoms with E-state index in [1.807, 2.05) is 24.3 Å². The van der Waals surface area contributed by atoms with Crippen molar-refractivity contribution in [1.82, 2.24) is 0 Å². The highest BCUT2D eigenvalue weighted by atomic mass is 19.1. The highest BCUT2D eigenvalue weighted by Crippen LogP contribution is 2.19. The SMILES string of the molecule is COc1cc(/C=C\c2cccc(C)c2)ccc1F. The van der Waals surface area contributed by atoms with Gasteiger partial charge >= 0.3 is 0 Å². The molecular weight excluding hydrogens is 227 g/mol. The minimum absolute atomic E-state index is 0.265. The molecule has 2 rings (SSSR count). The fourth-order valence-corrected chi connectivity index (χ4v) is 1.75. The second kappa shape index (κ2) is 5.50. The number of halogens is 1. The third-order valence-electron chi connectivity index (χ3n) is 2.69. The average Bonchev–Trinajstić information content (AvgIpc) is 2.38. The Balaban J connectivity index is 2.23. The molecule has 0 spiro atoms. The highest BCUT2D eigenvalue weighted by molar-refractivity contribution is 5.70. The first-order valence-electron chi connectivity index (χ1n) is 5.77. The molecule has 0 aliphatic carbocycles. The summed E-state index contributed by atoms with van der Waals surface area (Å²) in [4.78, 5) is 0. The van der Waals surface area contributed by atoms with Crippen LogP contribution < -0.4 is 4.74 Å². The first-order chi connectivity index (χ1) is 8.69. The topological polar surface area (TPSA) is 9.23 Å². The molecule has 0 amide bonds. The smallest absolute Gasteiger partial charge is 0.165 e. The van der Waals surface area contributed by atoms with Gasteiger partial charge in [-0.15, -0.1) is 0 Å². The molecular formula is C16H15FO. The zero-order chi connectivity index (χ0) is 13.0. The number of methoxy groups -OCH3 is 1. The normalized spacial score (nSPS) is 10.8. The van der Waals surface area contributed by atoms with Crippen LogP contribution in [-0.4, -0.2) is 7.11 Å². The van der Waals surface area contributed by atoms with E-state index in [2.05, 4.69) is 19.1 Å². The van der Waals surface area contributed by atoms with Crippen molar-refractivity contribution in [1.29, 1.82) is 0 Å². The third-order valence-corrected chi connectivity index (χ3v) is 2.69. The lowest BCUT2D eigenvalue weighted by molar-refractivity contribution is 0.386. The monoisotopic (exact) mass is 242 g/mol. The fraction of sp³-hybridized carbons (Fsp3) is 0.125. The Bertz CT molecular complexity index is 573. The first-order valence-corrected chi connectivity index (χ1v) is 5.77. The molecule has 0 saturated carbocycles. The summed E-state index contributed by atoms with van der Waals surface area (Å²) in [5, 5.41) is 0. The van der Waals surface area contributed by atoms with Gasteiger partial charge in [-0.25, -0.2) is 4.39 Å². The minimum Gasteiger partial charge on any atom is -0.494 e. The molecule has 0 aromatic heterocycles. The van der Waals surface area contributed by atoms with Gasteiger partial charge in [-0.2, -0.15) is 0 Å². The van der Waals surface area contributed by atoms with Crippen molar-refractivity contribution in [3.8, 4) is 5.75 Å². The van der Waals surface area contributed by atoms with E-state index in [-0.39, 0.29) is 11.6 Å². The summed E-state index contributed by atoms with van der Waals surface area (Å²) >= 11 is 0. The zero-order valence-corrected chi connectivity index (χ0v) is 10.5. The quantitative estimate of drug-likeness (QED) is 0.728. The Morgan fingerprint density at radius 3 is 2.39 bits per heavy atom. The molecule has 0 saturated heterocycles. The summed E-state index contributed by atoms with van der Waals surface area (Å²) in [5.41, 5.74) is 3.25. The molecule has 0 unspecified atom stereocenters. The third kappa shape index (κ3) is 2.98. The van der Waals surface area contributed by atoms with Crippen LogP contribution in [0.25, 0.3) is 12.2 Å². The Kier molecular flexibility index (Phi) is 3.78. The van der Waals surface area contributed by atoms with Gasteiger partial charge in [-0.3, -0.25) is 0 Å².